The molecule has 0 spiro atoms. The number of sulfonamides is 1. The second kappa shape index (κ2) is 10.6. The van der Waals surface area contributed by atoms with E-state index in [1.54, 1.807) is 42.5 Å². The molecule has 0 aliphatic heterocycles. The van der Waals surface area contributed by atoms with Crippen molar-refractivity contribution in [2.75, 3.05) is 10.6 Å². The molecular weight excluding hydrogens is 479 g/mol. The van der Waals surface area contributed by atoms with Crippen LogP contribution in [0.5, 0.6) is 0 Å². The number of hydrogen-bond acceptors (Lipinski definition) is 3. The molecule has 0 heterocycles. The number of aryl methyl sites for hydroxylation is 1. The Morgan fingerprint density at radius 2 is 1.64 bits per heavy atom. The van der Waals surface area contributed by atoms with E-state index in [4.69, 9.17) is 23.2 Å². The molecule has 1 unspecified atom stereocenters. The van der Waals surface area contributed by atoms with Crippen molar-refractivity contribution in [1.82, 2.24) is 5.32 Å². The van der Waals surface area contributed by atoms with Gasteiger partial charge in [0.15, 0.2) is 0 Å². The van der Waals surface area contributed by atoms with Gasteiger partial charge in [-0.15, -0.1) is 0 Å². The Bertz CT molecular complexity index is 1230. The standard InChI is InChI=1S/C25H26Cl2N2O3S/c1-4-22(19-12-8-17(2)9-13-19)28-25(30)20-14-10-18(11-15-20)16-29(33(3,31)32)23-7-5-6-21(26)24(23)27/h5-15,22H,4,16H2,1-3H3,(H,28,30). The van der Waals surface area contributed by atoms with Gasteiger partial charge in [0.2, 0.25) is 10.0 Å². The molecule has 3 rings (SSSR count). The Labute approximate surface area is 205 Å². The van der Waals surface area contributed by atoms with Crippen LogP contribution in [-0.2, 0) is 16.6 Å². The summed E-state index contributed by atoms with van der Waals surface area (Å²) in [5.74, 6) is -0.188. The van der Waals surface area contributed by atoms with Crippen LogP contribution in [0.2, 0.25) is 10.0 Å². The van der Waals surface area contributed by atoms with Gasteiger partial charge < -0.3 is 5.32 Å². The fraction of sp³-hybridized carbons (Fsp3) is 0.240. The Morgan fingerprint density at radius 3 is 2.21 bits per heavy atom. The van der Waals surface area contributed by atoms with Crippen molar-refractivity contribution in [3.63, 3.8) is 0 Å². The van der Waals surface area contributed by atoms with Crippen molar-refractivity contribution in [3.8, 4) is 0 Å². The van der Waals surface area contributed by atoms with E-state index in [0.29, 0.717) is 16.8 Å². The molecule has 1 N–H and O–H groups in total. The van der Waals surface area contributed by atoms with Crippen LogP contribution < -0.4 is 9.62 Å². The molecule has 174 valence electrons. The van der Waals surface area contributed by atoms with Crippen LogP contribution in [0.25, 0.3) is 0 Å². The summed E-state index contributed by atoms with van der Waals surface area (Å²) < 4.78 is 26.1. The predicted molar refractivity (Wildman–Crippen MR) is 136 cm³/mol. The Kier molecular flexibility index (Phi) is 8.05. The average Bonchev–Trinajstić information content (AvgIpc) is 2.78. The second-order valence-electron chi connectivity index (χ2n) is 7.88. The zero-order chi connectivity index (χ0) is 24.2. The third-order valence-electron chi connectivity index (χ3n) is 5.34. The first-order valence-corrected chi connectivity index (χ1v) is 13.1. The van der Waals surface area contributed by atoms with Gasteiger partial charge in [-0.2, -0.15) is 0 Å². The van der Waals surface area contributed by atoms with Gasteiger partial charge in [-0.3, -0.25) is 9.10 Å². The van der Waals surface area contributed by atoms with Gasteiger partial charge in [0.1, 0.15) is 0 Å². The number of nitrogens with one attached hydrogen (secondary N) is 1. The van der Waals surface area contributed by atoms with Crippen LogP contribution in [0, 0.1) is 6.92 Å². The molecule has 0 saturated carbocycles. The van der Waals surface area contributed by atoms with Gasteiger partial charge in [-0.25, -0.2) is 8.42 Å². The maximum atomic E-state index is 12.8. The van der Waals surface area contributed by atoms with E-state index in [0.717, 1.165) is 23.8 Å². The topological polar surface area (TPSA) is 66.5 Å². The first-order chi connectivity index (χ1) is 15.6. The van der Waals surface area contributed by atoms with Crippen molar-refractivity contribution < 1.29 is 13.2 Å². The number of carbonyl (C=O) groups excluding carboxylic acids is 1. The van der Waals surface area contributed by atoms with E-state index in [1.807, 2.05) is 38.1 Å². The summed E-state index contributed by atoms with van der Waals surface area (Å²) in [7, 11) is -3.62. The van der Waals surface area contributed by atoms with E-state index in [9.17, 15) is 13.2 Å². The first-order valence-electron chi connectivity index (χ1n) is 10.5. The van der Waals surface area contributed by atoms with E-state index in [2.05, 4.69) is 5.32 Å². The SMILES string of the molecule is CCC(NC(=O)c1ccc(CN(c2cccc(Cl)c2Cl)S(C)(=O)=O)cc1)c1ccc(C)cc1. The first kappa shape index (κ1) is 25.1. The highest BCUT2D eigenvalue weighted by Gasteiger charge is 2.22. The van der Waals surface area contributed by atoms with Crippen molar-refractivity contribution >= 4 is 44.8 Å². The Balaban J connectivity index is 1.77. The minimum atomic E-state index is -3.62. The summed E-state index contributed by atoms with van der Waals surface area (Å²) in [6, 6.07) is 19.7. The van der Waals surface area contributed by atoms with Crippen LogP contribution in [0.3, 0.4) is 0 Å². The number of amides is 1. The zero-order valence-corrected chi connectivity index (χ0v) is 21.0. The van der Waals surface area contributed by atoms with E-state index in [-0.39, 0.29) is 28.5 Å². The highest BCUT2D eigenvalue weighted by atomic mass is 35.5. The third kappa shape index (κ3) is 6.28. The number of rotatable bonds is 8. The monoisotopic (exact) mass is 504 g/mol. The van der Waals surface area contributed by atoms with E-state index in [1.165, 1.54) is 4.31 Å². The molecule has 1 amide bonds. The predicted octanol–water partition coefficient (Wildman–Crippen LogP) is 6.15. The second-order valence-corrected chi connectivity index (χ2v) is 10.6. The Hall–Kier alpha value is -2.54. The van der Waals surface area contributed by atoms with Crippen LogP contribution in [-0.4, -0.2) is 20.6 Å². The largest absolute Gasteiger partial charge is 0.345 e. The lowest BCUT2D eigenvalue weighted by molar-refractivity contribution is 0.0935. The van der Waals surface area contributed by atoms with Gasteiger partial charge in [0.05, 0.1) is 34.6 Å². The van der Waals surface area contributed by atoms with E-state index < -0.39 is 10.0 Å². The molecular formula is C25H26Cl2N2O3S. The molecule has 8 heteroatoms. The molecule has 0 aliphatic carbocycles. The van der Waals surface area contributed by atoms with Crippen LogP contribution >= 0.6 is 23.2 Å². The maximum Gasteiger partial charge on any atom is 0.251 e. The smallest absolute Gasteiger partial charge is 0.251 e. The van der Waals surface area contributed by atoms with Gasteiger partial charge in [-0.05, 0) is 48.7 Å². The molecule has 0 saturated heterocycles. The van der Waals surface area contributed by atoms with Crippen molar-refractivity contribution in [2.45, 2.75) is 32.9 Å². The lowest BCUT2D eigenvalue weighted by atomic mass is 10.0. The average molecular weight is 505 g/mol. The lowest BCUT2D eigenvalue weighted by Crippen LogP contribution is -2.30. The molecule has 3 aromatic carbocycles. The summed E-state index contributed by atoms with van der Waals surface area (Å²) in [5.41, 5.74) is 3.72. The summed E-state index contributed by atoms with van der Waals surface area (Å²) in [6.45, 7) is 4.10. The molecule has 0 fully saturated rings. The minimum Gasteiger partial charge on any atom is -0.345 e. The van der Waals surface area contributed by atoms with Crippen LogP contribution in [0.4, 0.5) is 5.69 Å². The molecule has 0 aliphatic rings. The highest BCUT2D eigenvalue weighted by molar-refractivity contribution is 7.92. The molecule has 5 nitrogen and oxygen atoms in total. The summed E-state index contributed by atoms with van der Waals surface area (Å²) in [6.07, 6.45) is 1.87. The third-order valence-corrected chi connectivity index (χ3v) is 7.27. The lowest BCUT2D eigenvalue weighted by Gasteiger charge is -2.24. The van der Waals surface area contributed by atoms with Crippen molar-refractivity contribution in [3.05, 3.63) is 99.0 Å². The number of hydrogen-bond donors (Lipinski definition) is 1. The van der Waals surface area contributed by atoms with Crippen molar-refractivity contribution in [2.24, 2.45) is 0 Å². The van der Waals surface area contributed by atoms with E-state index >= 15 is 0 Å². The maximum absolute atomic E-state index is 12.8. The minimum absolute atomic E-state index is 0.0573. The molecule has 1 atom stereocenters. The van der Waals surface area contributed by atoms with Gasteiger partial charge in [-0.1, -0.05) is 78.2 Å². The Morgan fingerprint density at radius 1 is 1.00 bits per heavy atom. The normalized spacial score (nSPS) is 12.3. The van der Waals surface area contributed by atoms with Crippen LogP contribution in [0.15, 0.2) is 66.7 Å². The highest BCUT2D eigenvalue weighted by Crippen LogP contribution is 2.34. The quantitative estimate of drug-likeness (QED) is 0.400. The summed E-state index contributed by atoms with van der Waals surface area (Å²) in [4.78, 5) is 12.8. The number of nitrogens with zero attached hydrogens (tertiary/aromatic N) is 1. The number of benzene rings is 3. The molecule has 0 bridgehead atoms. The van der Waals surface area contributed by atoms with Gasteiger partial charge >= 0.3 is 0 Å². The summed E-state index contributed by atoms with van der Waals surface area (Å²) >= 11 is 12.3. The zero-order valence-electron chi connectivity index (χ0n) is 18.7. The number of carbonyl (C=O) groups is 1. The van der Waals surface area contributed by atoms with Crippen molar-refractivity contribution in [1.29, 1.82) is 0 Å². The van der Waals surface area contributed by atoms with Gasteiger partial charge in [0.25, 0.3) is 5.91 Å². The van der Waals surface area contributed by atoms with Gasteiger partial charge in [0, 0.05) is 5.56 Å². The number of halogens is 2. The summed E-state index contributed by atoms with van der Waals surface area (Å²) in [5, 5.41) is 3.51. The molecule has 33 heavy (non-hydrogen) atoms. The fourth-order valence-electron chi connectivity index (χ4n) is 3.45. The molecule has 0 radical (unpaired) electrons. The number of anilines is 1. The van der Waals surface area contributed by atoms with Crippen LogP contribution in [0.1, 0.15) is 46.4 Å². The molecule has 0 aromatic heterocycles. The molecule has 3 aromatic rings. The fourth-order valence-corrected chi connectivity index (χ4v) is 4.80.